The Morgan fingerprint density at radius 3 is 2.62 bits per heavy atom. The first-order valence-electron chi connectivity index (χ1n) is 9.80. The fraction of sp³-hybridized carbons (Fsp3) is 0.789. The van der Waals surface area contributed by atoms with E-state index in [0.29, 0.717) is 17.9 Å². The molecule has 1 aromatic rings. The van der Waals surface area contributed by atoms with Gasteiger partial charge in [-0.2, -0.15) is 5.10 Å². The van der Waals surface area contributed by atoms with Crippen molar-refractivity contribution in [2.24, 2.45) is 23.7 Å². The van der Waals surface area contributed by atoms with E-state index < -0.39 is 0 Å². The average Bonchev–Trinajstić information content (AvgIpc) is 3.22. The molecule has 4 bridgehead atoms. The first-order chi connectivity index (χ1) is 11.7. The smallest absolute Gasteiger partial charge is 0.254 e. The molecule has 130 valence electrons. The summed E-state index contributed by atoms with van der Waals surface area (Å²) in [4.78, 5) is 15.3. The summed E-state index contributed by atoms with van der Waals surface area (Å²) in [6.07, 6.45) is 11.6. The van der Waals surface area contributed by atoms with Crippen molar-refractivity contribution in [1.29, 1.82) is 0 Å². The molecule has 24 heavy (non-hydrogen) atoms. The Morgan fingerprint density at radius 2 is 1.92 bits per heavy atom. The van der Waals surface area contributed by atoms with E-state index in [9.17, 15) is 4.79 Å². The average molecular weight is 328 g/mol. The summed E-state index contributed by atoms with van der Waals surface area (Å²) in [5.41, 5.74) is 0.738. The third kappa shape index (κ3) is 2.67. The highest BCUT2D eigenvalue weighted by Crippen LogP contribution is 2.43. The van der Waals surface area contributed by atoms with Crippen LogP contribution in [0.5, 0.6) is 0 Å². The maximum absolute atomic E-state index is 12.7. The third-order valence-electron chi connectivity index (χ3n) is 6.90. The highest BCUT2D eigenvalue weighted by Gasteiger charge is 2.47. The Kier molecular flexibility index (Phi) is 3.65. The Balaban J connectivity index is 1.23. The molecule has 0 radical (unpaired) electrons. The molecule has 3 saturated heterocycles. The molecular weight excluding hydrogens is 300 g/mol. The predicted molar refractivity (Wildman–Crippen MR) is 91.6 cm³/mol. The lowest BCUT2D eigenvalue weighted by molar-refractivity contribution is -0.0418. The zero-order chi connectivity index (χ0) is 16.1. The van der Waals surface area contributed by atoms with E-state index in [1.165, 1.54) is 58.2 Å². The minimum absolute atomic E-state index is 0.0835. The van der Waals surface area contributed by atoms with Gasteiger partial charge in [-0.05, 0) is 49.4 Å². The maximum atomic E-state index is 12.7. The number of carbonyl (C=O) groups is 1. The molecule has 3 aliphatic heterocycles. The fourth-order valence-electron chi connectivity index (χ4n) is 5.92. The van der Waals surface area contributed by atoms with E-state index in [-0.39, 0.29) is 5.91 Å². The molecule has 5 fully saturated rings. The van der Waals surface area contributed by atoms with Crippen molar-refractivity contribution in [2.75, 3.05) is 19.6 Å². The first-order valence-corrected chi connectivity index (χ1v) is 9.80. The summed E-state index contributed by atoms with van der Waals surface area (Å²) >= 11 is 0. The van der Waals surface area contributed by atoms with E-state index in [0.717, 1.165) is 23.9 Å². The van der Waals surface area contributed by atoms with E-state index >= 15 is 0 Å². The summed E-state index contributed by atoms with van der Waals surface area (Å²) < 4.78 is 1.98. The highest BCUT2D eigenvalue weighted by molar-refractivity contribution is 5.93. The van der Waals surface area contributed by atoms with Gasteiger partial charge in [0.25, 0.3) is 5.91 Å². The van der Waals surface area contributed by atoms with Gasteiger partial charge in [0, 0.05) is 38.4 Å². The lowest BCUT2D eigenvalue weighted by atomic mass is 9.65. The number of nitrogens with zero attached hydrogens (tertiary/aromatic N) is 3. The maximum Gasteiger partial charge on any atom is 0.254 e. The van der Waals surface area contributed by atoms with Crippen LogP contribution in [0.15, 0.2) is 12.4 Å². The molecule has 4 heterocycles. The standard InChI is InChI=1S/C19H28N4O/c24-19(17-7-20-23(12-17)9-13-3-1-2-4-13)21-18-15-5-14-6-16(18)11-22(8-14)10-15/h7,12-16,18H,1-6,8-11H2,(H,21,24). The normalized spacial score (nSPS) is 37.9. The number of amides is 1. The highest BCUT2D eigenvalue weighted by atomic mass is 16.1. The van der Waals surface area contributed by atoms with Gasteiger partial charge in [-0.15, -0.1) is 0 Å². The quantitative estimate of drug-likeness (QED) is 0.921. The molecule has 5 nitrogen and oxygen atoms in total. The summed E-state index contributed by atoms with van der Waals surface area (Å²) in [5.74, 6) is 3.03. The van der Waals surface area contributed by atoms with Gasteiger partial charge in [0.2, 0.25) is 0 Å². The van der Waals surface area contributed by atoms with Gasteiger partial charge in [0.05, 0.1) is 11.8 Å². The minimum atomic E-state index is 0.0835. The van der Waals surface area contributed by atoms with E-state index in [1.807, 2.05) is 10.9 Å². The van der Waals surface area contributed by atoms with Crippen LogP contribution in [0, 0.1) is 23.7 Å². The van der Waals surface area contributed by atoms with Gasteiger partial charge in [-0.1, -0.05) is 12.8 Å². The molecule has 1 aromatic heterocycles. The van der Waals surface area contributed by atoms with Gasteiger partial charge >= 0.3 is 0 Å². The van der Waals surface area contributed by atoms with Crippen LogP contribution < -0.4 is 5.32 Å². The lowest BCUT2D eigenvalue weighted by Crippen LogP contribution is -2.64. The molecular formula is C19H28N4O. The lowest BCUT2D eigenvalue weighted by Gasteiger charge is -2.55. The van der Waals surface area contributed by atoms with Gasteiger partial charge in [0.15, 0.2) is 0 Å². The van der Waals surface area contributed by atoms with Crippen LogP contribution >= 0.6 is 0 Å². The summed E-state index contributed by atoms with van der Waals surface area (Å²) in [6.45, 7) is 4.62. The Labute approximate surface area is 143 Å². The van der Waals surface area contributed by atoms with Crippen LogP contribution in [0.1, 0.15) is 48.9 Å². The molecule has 0 aromatic carbocycles. The monoisotopic (exact) mass is 328 g/mol. The van der Waals surface area contributed by atoms with Crippen molar-refractivity contribution in [2.45, 2.75) is 51.1 Å². The van der Waals surface area contributed by atoms with E-state index in [1.54, 1.807) is 6.20 Å². The molecule has 1 amide bonds. The largest absolute Gasteiger partial charge is 0.349 e. The second-order valence-corrected chi connectivity index (χ2v) is 8.68. The van der Waals surface area contributed by atoms with Gasteiger partial charge < -0.3 is 10.2 Å². The van der Waals surface area contributed by atoms with Crippen LogP contribution in [0.2, 0.25) is 0 Å². The Hall–Kier alpha value is -1.36. The van der Waals surface area contributed by atoms with E-state index in [2.05, 4.69) is 15.3 Å². The Morgan fingerprint density at radius 1 is 1.17 bits per heavy atom. The number of aromatic nitrogens is 2. The number of hydrogen-bond donors (Lipinski definition) is 1. The number of carbonyl (C=O) groups excluding carboxylic acids is 1. The molecule has 2 unspecified atom stereocenters. The van der Waals surface area contributed by atoms with Crippen molar-refractivity contribution in [3.8, 4) is 0 Å². The zero-order valence-electron chi connectivity index (χ0n) is 14.4. The van der Waals surface area contributed by atoms with Crippen LogP contribution in [-0.4, -0.2) is 46.3 Å². The number of piperidine rings is 3. The van der Waals surface area contributed by atoms with Crippen molar-refractivity contribution in [1.82, 2.24) is 20.0 Å². The molecule has 2 saturated carbocycles. The van der Waals surface area contributed by atoms with Crippen LogP contribution in [0.25, 0.3) is 0 Å². The first kappa shape index (κ1) is 14.9. The summed E-state index contributed by atoms with van der Waals surface area (Å²) in [6, 6.07) is 0.378. The molecule has 5 heteroatoms. The minimum Gasteiger partial charge on any atom is -0.349 e. The van der Waals surface area contributed by atoms with Gasteiger partial charge in [-0.3, -0.25) is 9.48 Å². The van der Waals surface area contributed by atoms with Crippen molar-refractivity contribution in [3.63, 3.8) is 0 Å². The number of nitrogens with one attached hydrogen (secondary N) is 1. The third-order valence-corrected chi connectivity index (χ3v) is 6.90. The second kappa shape index (κ2) is 5.87. The van der Waals surface area contributed by atoms with Crippen molar-refractivity contribution < 1.29 is 4.79 Å². The topological polar surface area (TPSA) is 50.2 Å². The summed E-state index contributed by atoms with van der Waals surface area (Å²) in [5, 5.41) is 7.80. The number of rotatable bonds is 4. The SMILES string of the molecule is O=C(NC1C2CC3CC1CN(C3)C2)c1cnn(CC2CCCC2)c1. The molecule has 6 rings (SSSR count). The number of hydrogen-bond acceptors (Lipinski definition) is 3. The second-order valence-electron chi connectivity index (χ2n) is 8.68. The van der Waals surface area contributed by atoms with Crippen LogP contribution in [0.3, 0.4) is 0 Å². The molecule has 5 aliphatic rings. The molecule has 2 atom stereocenters. The van der Waals surface area contributed by atoms with Crippen molar-refractivity contribution in [3.05, 3.63) is 18.0 Å². The molecule has 2 aliphatic carbocycles. The van der Waals surface area contributed by atoms with Crippen LogP contribution in [-0.2, 0) is 6.54 Å². The predicted octanol–water partition coefficient (Wildman–Crippen LogP) is 2.14. The van der Waals surface area contributed by atoms with Gasteiger partial charge in [0.1, 0.15) is 0 Å². The van der Waals surface area contributed by atoms with Crippen molar-refractivity contribution >= 4 is 5.91 Å². The van der Waals surface area contributed by atoms with Crippen LogP contribution in [0.4, 0.5) is 0 Å². The van der Waals surface area contributed by atoms with Gasteiger partial charge in [-0.25, -0.2) is 0 Å². The fourth-order valence-corrected chi connectivity index (χ4v) is 5.92. The van der Waals surface area contributed by atoms with E-state index in [4.69, 9.17) is 0 Å². The Bertz CT molecular complexity index is 591. The summed E-state index contributed by atoms with van der Waals surface area (Å²) in [7, 11) is 0. The zero-order valence-corrected chi connectivity index (χ0v) is 14.4. The molecule has 1 N–H and O–H groups in total. The molecule has 0 spiro atoms.